The molecule has 0 aliphatic heterocycles. The molecule has 2 atom stereocenters. The average molecular weight is 245 g/mol. The Hall–Kier alpha value is -0.820. The lowest BCUT2D eigenvalue weighted by atomic mass is 9.72. The van der Waals surface area contributed by atoms with Crippen LogP contribution in [0.5, 0.6) is 0 Å². The summed E-state index contributed by atoms with van der Waals surface area (Å²) in [4.78, 5) is 0. The minimum atomic E-state index is -0.0983. The van der Waals surface area contributed by atoms with E-state index in [4.69, 9.17) is 5.73 Å². The molecule has 1 aliphatic rings. The van der Waals surface area contributed by atoms with Gasteiger partial charge in [0.1, 0.15) is 0 Å². The fourth-order valence-corrected chi connectivity index (χ4v) is 3.15. The van der Waals surface area contributed by atoms with Crippen molar-refractivity contribution in [2.75, 3.05) is 0 Å². The van der Waals surface area contributed by atoms with E-state index in [0.717, 1.165) is 18.8 Å². The van der Waals surface area contributed by atoms with Crippen molar-refractivity contribution in [3.63, 3.8) is 0 Å². The lowest BCUT2D eigenvalue weighted by Crippen LogP contribution is -2.41. The molecule has 1 aliphatic carbocycles. The van der Waals surface area contributed by atoms with E-state index in [0.29, 0.717) is 0 Å². The molecule has 0 amide bonds. The zero-order valence-electron chi connectivity index (χ0n) is 12.3. The summed E-state index contributed by atoms with van der Waals surface area (Å²) < 4.78 is 0. The Morgan fingerprint density at radius 1 is 1.28 bits per heavy atom. The zero-order chi connectivity index (χ0) is 13.4. The number of nitrogens with two attached hydrogens (primary N) is 1. The van der Waals surface area contributed by atoms with E-state index >= 15 is 0 Å². The van der Waals surface area contributed by atoms with Crippen LogP contribution in [0.25, 0.3) is 0 Å². The molecule has 18 heavy (non-hydrogen) atoms. The minimum absolute atomic E-state index is 0.0983. The van der Waals surface area contributed by atoms with Gasteiger partial charge in [-0.2, -0.15) is 0 Å². The second kappa shape index (κ2) is 4.70. The highest BCUT2D eigenvalue weighted by Gasteiger charge is 2.33. The van der Waals surface area contributed by atoms with Crippen molar-refractivity contribution in [1.29, 1.82) is 0 Å². The molecule has 0 bridgehead atoms. The second-order valence-electron chi connectivity index (χ2n) is 7.19. The van der Waals surface area contributed by atoms with Gasteiger partial charge in [-0.25, -0.2) is 0 Å². The first-order valence-corrected chi connectivity index (χ1v) is 7.21. The van der Waals surface area contributed by atoms with Crippen LogP contribution in [0.4, 0.5) is 0 Å². The normalized spacial score (nSPS) is 29.3. The summed E-state index contributed by atoms with van der Waals surface area (Å²) >= 11 is 0. The molecule has 1 heteroatoms. The Balaban J connectivity index is 2.33. The lowest BCUT2D eigenvalue weighted by Gasteiger charge is -2.38. The van der Waals surface area contributed by atoms with Gasteiger partial charge in [-0.05, 0) is 35.3 Å². The van der Waals surface area contributed by atoms with Crippen molar-refractivity contribution in [3.05, 3.63) is 35.4 Å². The molecule has 0 heterocycles. The molecule has 1 nitrogen and oxygen atoms in total. The van der Waals surface area contributed by atoms with E-state index < -0.39 is 0 Å². The molecule has 100 valence electrons. The largest absolute Gasteiger partial charge is 0.321 e. The molecule has 0 aromatic heterocycles. The van der Waals surface area contributed by atoms with E-state index in [-0.39, 0.29) is 11.0 Å². The molecular formula is C17H27N. The van der Waals surface area contributed by atoms with Gasteiger partial charge in [0, 0.05) is 5.54 Å². The number of benzene rings is 1. The summed E-state index contributed by atoms with van der Waals surface area (Å²) in [6.07, 6.45) is 4.85. The van der Waals surface area contributed by atoms with E-state index in [1.165, 1.54) is 24.0 Å². The minimum Gasteiger partial charge on any atom is -0.321 e. The third kappa shape index (κ3) is 2.77. The summed E-state index contributed by atoms with van der Waals surface area (Å²) in [6.45, 7) is 9.12. The highest BCUT2D eigenvalue weighted by molar-refractivity contribution is 5.33. The molecule has 1 aromatic rings. The highest BCUT2D eigenvalue weighted by Crippen LogP contribution is 2.38. The van der Waals surface area contributed by atoms with Crippen molar-refractivity contribution >= 4 is 0 Å². The van der Waals surface area contributed by atoms with Crippen LogP contribution >= 0.6 is 0 Å². The second-order valence-corrected chi connectivity index (χ2v) is 7.19. The molecule has 0 unspecified atom stereocenters. The highest BCUT2D eigenvalue weighted by atomic mass is 14.7. The lowest BCUT2D eigenvalue weighted by molar-refractivity contribution is 0.239. The maximum absolute atomic E-state index is 6.68. The zero-order valence-corrected chi connectivity index (χ0v) is 12.3. The Morgan fingerprint density at radius 2 is 2.00 bits per heavy atom. The molecule has 0 spiro atoms. The van der Waals surface area contributed by atoms with Crippen molar-refractivity contribution in [1.82, 2.24) is 0 Å². The van der Waals surface area contributed by atoms with Crippen LogP contribution < -0.4 is 5.73 Å². The fourth-order valence-electron chi connectivity index (χ4n) is 3.15. The Kier molecular flexibility index (Phi) is 3.55. The van der Waals surface area contributed by atoms with Gasteiger partial charge in [0.05, 0.1) is 0 Å². The van der Waals surface area contributed by atoms with Crippen molar-refractivity contribution in [2.24, 2.45) is 11.7 Å². The van der Waals surface area contributed by atoms with Crippen LogP contribution in [-0.4, -0.2) is 0 Å². The van der Waals surface area contributed by atoms with Crippen LogP contribution in [0.15, 0.2) is 24.3 Å². The van der Waals surface area contributed by atoms with Gasteiger partial charge >= 0.3 is 0 Å². The summed E-state index contributed by atoms with van der Waals surface area (Å²) in [7, 11) is 0. The van der Waals surface area contributed by atoms with Crippen LogP contribution in [0.2, 0.25) is 0 Å². The third-order valence-corrected chi connectivity index (χ3v) is 4.34. The molecule has 1 saturated carbocycles. The van der Waals surface area contributed by atoms with Gasteiger partial charge in [0.25, 0.3) is 0 Å². The Bertz CT molecular complexity index is 416. The molecular weight excluding hydrogens is 218 g/mol. The first kappa shape index (κ1) is 13.6. The molecule has 1 fully saturated rings. The van der Waals surface area contributed by atoms with Crippen LogP contribution in [0.1, 0.15) is 64.5 Å². The first-order valence-electron chi connectivity index (χ1n) is 7.21. The van der Waals surface area contributed by atoms with Gasteiger partial charge in [-0.15, -0.1) is 0 Å². The summed E-state index contributed by atoms with van der Waals surface area (Å²) in [5.41, 5.74) is 9.51. The van der Waals surface area contributed by atoms with Crippen LogP contribution in [0, 0.1) is 5.92 Å². The SMILES string of the molecule is C[C@H]1CCC[C@](N)(c2cccc(C(C)(C)C)c2)C1. The van der Waals surface area contributed by atoms with Crippen molar-refractivity contribution in [2.45, 2.75) is 64.3 Å². The van der Waals surface area contributed by atoms with Gasteiger partial charge in [-0.1, -0.05) is 64.8 Å². The third-order valence-electron chi connectivity index (χ3n) is 4.34. The van der Waals surface area contributed by atoms with Gasteiger partial charge in [-0.3, -0.25) is 0 Å². The maximum Gasteiger partial charge on any atom is 0.0412 e. The maximum atomic E-state index is 6.68. The standard InChI is InChI=1S/C17H27N/c1-13-7-6-10-17(18,12-13)15-9-5-8-14(11-15)16(2,3)4/h5,8-9,11,13H,6-7,10,12,18H2,1-4H3/t13-,17+/m0/s1. The predicted molar refractivity (Wildman–Crippen MR) is 78.6 cm³/mol. The van der Waals surface area contributed by atoms with Crippen molar-refractivity contribution < 1.29 is 0 Å². The Labute approximate surface area is 112 Å². The summed E-state index contributed by atoms with van der Waals surface area (Å²) in [6, 6.07) is 8.94. The number of hydrogen-bond donors (Lipinski definition) is 1. The van der Waals surface area contributed by atoms with Gasteiger partial charge < -0.3 is 5.73 Å². The molecule has 2 N–H and O–H groups in total. The quantitative estimate of drug-likeness (QED) is 0.782. The van der Waals surface area contributed by atoms with Gasteiger partial charge in [0.15, 0.2) is 0 Å². The average Bonchev–Trinajstić information content (AvgIpc) is 2.28. The van der Waals surface area contributed by atoms with Crippen LogP contribution in [0.3, 0.4) is 0 Å². The molecule has 1 aromatic carbocycles. The monoisotopic (exact) mass is 245 g/mol. The Morgan fingerprint density at radius 3 is 2.61 bits per heavy atom. The van der Waals surface area contributed by atoms with Gasteiger partial charge in [0.2, 0.25) is 0 Å². The summed E-state index contributed by atoms with van der Waals surface area (Å²) in [5.74, 6) is 0.752. The number of rotatable bonds is 1. The van der Waals surface area contributed by atoms with E-state index in [2.05, 4.69) is 52.0 Å². The molecule has 0 saturated heterocycles. The smallest absolute Gasteiger partial charge is 0.0412 e. The molecule has 2 rings (SSSR count). The predicted octanol–water partition coefficient (Wildman–Crippen LogP) is 4.35. The topological polar surface area (TPSA) is 26.0 Å². The molecule has 0 radical (unpaired) electrons. The fraction of sp³-hybridized carbons (Fsp3) is 0.647. The van der Waals surface area contributed by atoms with Crippen LogP contribution in [-0.2, 0) is 11.0 Å². The van der Waals surface area contributed by atoms with E-state index in [1.807, 2.05) is 0 Å². The summed E-state index contributed by atoms with van der Waals surface area (Å²) in [5, 5.41) is 0. The van der Waals surface area contributed by atoms with Crippen molar-refractivity contribution in [3.8, 4) is 0 Å². The first-order chi connectivity index (χ1) is 8.31. The van der Waals surface area contributed by atoms with E-state index in [9.17, 15) is 0 Å². The van der Waals surface area contributed by atoms with E-state index in [1.54, 1.807) is 0 Å². The number of hydrogen-bond acceptors (Lipinski definition) is 1.